The Morgan fingerprint density at radius 3 is 2.39 bits per heavy atom. The van der Waals surface area contributed by atoms with Crippen LogP contribution in [0.1, 0.15) is 0 Å². The van der Waals surface area contributed by atoms with E-state index in [1.54, 1.807) is 36.4 Å². The number of aromatic amines is 1. The molecule has 0 aliphatic heterocycles. The molecule has 4 nitrogen and oxygen atoms in total. The highest BCUT2D eigenvalue weighted by atomic mass is 35.5. The summed E-state index contributed by atoms with van der Waals surface area (Å²) >= 11 is 12.1. The molecule has 2 aromatic carbocycles. The van der Waals surface area contributed by atoms with E-state index in [4.69, 9.17) is 23.2 Å². The highest BCUT2D eigenvalue weighted by Gasteiger charge is 2.22. The van der Waals surface area contributed by atoms with E-state index in [1.165, 1.54) is 6.07 Å². The molecule has 118 valence electrons. The summed E-state index contributed by atoms with van der Waals surface area (Å²) in [5.41, 5.74) is 0.395. The van der Waals surface area contributed by atoms with Gasteiger partial charge in [-0.05, 0) is 24.3 Å². The van der Waals surface area contributed by atoms with Crippen LogP contribution in [0.15, 0.2) is 52.3 Å². The number of pyridine rings is 1. The summed E-state index contributed by atoms with van der Waals surface area (Å²) in [6.07, 6.45) is 1.04. The molecular weight excluding hydrogens is 357 g/mol. The van der Waals surface area contributed by atoms with Gasteiger partial charge in [0.15, 0.2) is 15.3 Å². The van der Waals surface area contributed by atoms with Crippen molar-refractivity contribution in [1.82, 2.24) is 4.98 Å². The van der Waals surface area contributed by atoms with Crippen molar-refractivity contribution in [3.05, 3.63) is 62.7 Å². The predicted molar refractivity (Wildman–Crippen MR) is 93.1 cm³/mol. The van der Waals surface area contributed by atoms with Gasteiger partial charge in [-0.25, -0.2) is 8.42 Å². The van der Waals surface area contributed by atoms with Gasteiger partial charge in [0.25, 0.3) is 0 Å². The topological polar surface area (TPSA) is 67.0 Å². The largest absolute Gasteiger partial charge is 0.345 e. The number of hydrogen-bond donors (Lipinski definition) is 1. The summed E-state index contributed by atoms with van der Waals surface area (Å²) in [7, 11) is -3.67. The number of rotatable bonds is 2. The lowest BCUT2D eigenvalue weighted by molar-refractivity contribution is 0.599. The average Bonchev–Trinajstić information content (AvgIpc) is 2.47. The summed E-state index contributed by atoms with van der Waals surface area (Å²) in [6, 6.07) is 11.3. The van der Waals surface area contributed by atoms with Crippen LogP contribution in [0.3, 0.4) is 0 Å². The third-order valence-electron chi connectivity index (χ3n) is 3.45. The van der Waals surface area contributed by atoms with E-state index in [0.717, 1.165) is 6.26 Å². The number of sulfone groups is 1. The molecule has 0 fully saturated rings. The fraction of sp³-hybridized carbons (Fsp3) is 0.0625. The van der Waals surface area contributed by atoms with Gasteiger partial charge >= 0.3 is 0 Å². The first kappa shape index (κ1) is 16.1. The fourth-order valence-electron chi connectivity index (χ4n) is 2.43. The Morgan fingerprint density at radius 1 is 1.04 bits per heavy atom. The minimum Gasteiger partial charge on any atom is -0.345 e. The lowest BCUT2D eigenvalue weighted by Crippen LogP contribution is -2.14. The molecule has 0 radical (unpaired) electrons. The molecule has 0 atom stereocenters. The second-order valence-corrected chi connectivity index (χ2v) is 7.90. The van der Waals surface area contributed by atoms with Crippen LogP contribution < -0.4 is 5.43 Å². The van der Waals surface area contributed by atoms with E-state index in [1.807, 2.05) is 0 Å². The third kappa shape index (κ3) is 2.87. The van der Waals surface area contributed by atoms with E-state index in [0.29, 0.717) is 21.5 Å². The summed E-state index contributed by atoms with van der Waals surface area (Å²) < 4.78 is 24.3. The number of nitrogens with one attached hydrogen (secondary N) is 1. The number of aromatic nitrogens is 1. The van der Waals surface area contributed by atoms with Gasteiger partial charge in [-0.3, -0.25) is 4.79 Å². The fourth-order valence-corrected chi connectivity index (χ4v) is 3.80. The first-order valence-electron chi connectivity index (χ1n) is 6.59. The molecule has 7 heteroatoms. The molecule has 0 aliphatic rings. The zero-order chi connectivity index (χ0) is 16.8. The summed E-state index contributed by atoms with van der Waals surface area (Å²) in [6.45, 7) is 0. The molecule has 3 aromatic rings. The summed E-state index contributed by atoms with van der Waals surface area (Å²) in [5, 5.41) is 0.839. The zero-order valence-electron chi connectivity index (χ0n) is 11.9. The van der Waals surface area contributed by atoms with Crippen molar-refractivity contribution in [1.29, 1.82) is 0 Å². The number of hydrogen-bond acceptors (Lipinski definition) is 3. The van der Waals surface area contributed by atoms with Gasteiger partial charge in [0.1, 0.15) is 5.03 Å². The standard InChI is InChI=1S/C16H11Cl2NO3S/c1-23(21,22)16-14(10-7-6-9(17)8-12(10)18)15(20)11-4-2-3-5-13(11)19-16/h2-8H,1H3,(H,19,20). The molecule has 3 rings (SSSR count). The van der Waals surface area contributed by atoms with Crippen molar-refractivity contribution < 1.29 is 8.42 Å². The van der Waals surface area contributed by atoms with Gasteiger partial charge in [0.05, 0.1) is 16.1 Å². The summed E-state index contributed by atoms with van der Waals surface area (Å²) in [5.74, 6) is 0. The predicted octanol–water partition coefficient (Wildman–Crippen LogP) is 3.91. The number of para-hydroxylation sites is 1. The Kier molecular flexibility index (Phi) is 3.96. The van der Waals surface area contributed by atoms with Crippen LogP contribution in [0.4, 0.5) is 0 Å². The zero-order valence-corrected chi connectivity index (χ0v) is 14.3. The number of H-pyrrole nitrogens is 1. The van der Waals surface area contributed by atoms with E-state index in [-0.39, 0.29) is 15.6 Å². The maximum atomic E-state index is 12.9. The molecule has 23 heavy (non-hydrogen) atoms. The van der Waals surface area contributed by atoms with E-state index in [2.05, 4.69) is 4.98 Å². The second-order valence-electron chi connectivity index (χ2n) is 5.10. The van der Waals surface area contributed by atoms with Gasteiger partial charge < -0.3 is 4.98 Å². The molecule has 0 saturated carbocycles. The highest BCUT2D eigenvalue weighted by Crippen LogP contribution is 2.32. The minimum absolute atomic E-state index is 0.0212. The number of benzene rings is 2. The lowest BCUT2D eigenvalue weighted by atomic mass is 10.0. The van der Waals surface area contributed by atoms with E-state index < -0.39 is 15.3 Å². The first-order valence-corrected chi connectivity index (χ1v) is 9.24. The van der Waals surface area contributed by atoms with Crippen molar-refractivity contribution in [2.45, 2.75) is 5.03 Å². The van der Waals surface area contributed by atoms with Crippen molar-refractivity contribution in [2.24, 2.45) is 0 Å². The maximum absolute atomic E-state index is 12.9. The molecule has 0 unspecified atom stereocenters. The van der Waals surface area contributed by atoms with Crippen LogP contribution in [0.25, 0.3) is 22.0 Å². The number of fused-ring (bicyclic) bond motifs is 1. The molecule has 1 aromatic heterocycles. The molecule has 0 bridgehead atoms. The van der Waals surface area contributed by atoms with Gasteiger partial charge in [0, 0.05) is 22.2 Å². The highest BCUT2D eigenvalue weighted by molar-refractivity contribution is 7.90. The van der Waals surface area contributed by atoms with Crippen LogP contribution in [0.2, 0.25) is 10.0 Å². The SMILES string of the molecule is CS(=O)(=O)c1[nH]c2ccccc2c(=O)c1-c1ccc(Cl)cc1Cl. The van der Waals surface area contributed by atoms with E-state index in [9.17, 15) is 13.2 Å². The van der Waals surface area contributed by atoms with Crippen LogP contribution in [0, 0.1) is 0 Å². The molecule has 0 saturated heterocycles. The van der Waals surface area contributed by atoms with Crippen molar-refractivity contribution in [3.63, 3.8) is 0 Å². The van der Waals surface area contributed by atoms with Crippen molar-refractivity contribution in [3.8, 4) is 11.1 Å². The first-order chi connectivity index (χ1) is 10.8. The molecular formula is C16H11Cl2NO3S. The summed E-state index contributed by atoms with van der Waals surface area (Å²) in [4.78, 5) is 15.7. The smallest absolute Gasteiger partial charge is 0.198 e. The third-order valence-corrected chi connectivity index (χ3v) is 5.04. The van der Waals surface area contributed by atoms with Crippen LogP contribution in [0.5, 0.6) is 0 Å². The van der Waals surface area contributed by atoms with E-state index >= 15 is 0 Å². The molecule has 1 N–H and O–H groups in total. The Morgan fingerprint density at radius 2 is 1.74 bits per heavy atom. The van der Waals surface area contributed by atoms with Gasteiger partial charge in [-0.2, -0.15) is 0 Å². The van der Waals surface area contributed by atoms with Crippen LogP contribution in [-0.2, 0) is 9.84 Å². The maximum Gasteiger partial charge on any atom is 0.198 e. The Bertz CT molecular complexity index is 1090. The average molecular weight is 368 g/mol. The van der Waals surface area contributed by atoms with Gasteiger partial charge in [-0.15, -0.1) is 0 Å². The Hall–Kier alpha value is -1.82. The van der Waals surface area contributed by atoms with Crippen LogP contribution >= 0.6 is 23.2 Å². The Balaban J connectivity index is 2.52. The quantitative estimate of drug-likeness (QED) is 0.746. The Labute approximate surface area is 142 Å². The number of halogens is 2. The van der Waals surface area contributed by atoms with Gasteiger partial charge in [-0.1, -0.05) is 41.4 Å². The van der Waals surface area contributed by atoms with Crippen LogP contribution in [-0.4, -0.2) is 19.7 Å². The monoisotopic (exact) mass is 367 g/mol. The molecule has 0 aliphatic carbocycles. The minimum atomic E-state index is -3.67. The molecule has 0 spiro atoms. The van der Waals surface area contributed by atoms with Crippen molar-refractivity contribution in [2.75, 3.05) is 6.26 Å². The molecule has 0 amide bonds. The normalized spacial score (nSPS) is 11.8. The van der Waals surface area contributed by atoms with Gasteiger partial charge in [0.2, 0.25) is 0 Å². The molecule has 1 heterocycles. The lowest BCUT2D eigenvalue weighted by Gasteiger charge is -2.11. The second kappa shape index (κ2) is 5.67. The van der Waals surface area contributed by atoms with Crippen molar-refractivity contribution >= 4 is 43.9 Å².